The van der Waals surface area contributed by atoms with Crippen LogP contribution in [0.5, 0.6) is 0 Å². The minimum atomic E-state index is -0.0438. The van der Waals surface area contributed by atoms with Crippen LogP contribution in [0.3, 0.4) is 0 Å². The second-order valence-electron chi connectivity index (χ2n) is 5.33. The van der Waals surface area contributed by atoms with Gasteiger partial charge in [0, 0.05) is 0 Å². The van der Waals surface area contributed by atoms with E-state index in [0.29, 0.717) is 11.9 Å². The van der Waals surface area contributed by atoms with Gasteiger partial charge in [0.1, 0.15) is 12.7 Å². The van der Waals surface area contributed by atoms with Crippen LogP contribution in [0.15, 0.2) is 35.9 Å². The molecular weight excluding hydrogens is 266 g/mol. The van der Waals surface area contributed by atoms with E-state index in [1.165, 1.54) is 6.33 Å². The van der Waals surface area contributed by atoms with Crippen molar-refractivity contribution < 1.29 is 0 Å². The number of hydrogen-bond donors (Lipinski definition) is 0. The normalized spacial score (nSPS) is 12.7. The van der Waals surface area contributed by atoms with E-state index in [0.717, 1.165) is 16.6 Å². The van der Waals surface area contributed by atoms with Crippen molar-refractivity contribution >= 4 is 10.9 Å². The van der Waals surface area contributed by atoms with Crippen LogP contribution < -0.4 is 5.56 Å². The Morgan fingerprint density at radius 2 is 2.05 bits per heavy atom. The van der Waals surface area contributed by atoms with Crippen LogP contribution >= 0.6 is 0 Å². The van der Waals surface area contributed by atoms with E-state index in [1.54, 1.807) is 21.9 Å². The summed E-state index contributed by atoms with van der Waals surface area (Å²) in [6.45, 7) is 6.57. The summed E-state index contributed by atoms with van der Waals surface area (Å²) in [4.78, 5) is 21.0. The zero-order valence-electron chi connectivity index (χ0n) is 12.3. The highest BCUT2D eigenvalue weighted by atomic mass is 16.1. The van der Waals surface area contributed by atoms with Gasteiger partial charge in [-0.25, -0.2) is 9.97 Å². The predicted molar refractivity (Wildman–Crippen MR) is 80.2 cm³/mol. The number of benzene rings is 1. The first-order chi connectivity index (χ1) is 10.1. The van der Waals surface area contributed by atoms with Crippen molar-refractivity contribution in [1.82, 2.24) is 24.3 Å². The maximum absolute atomic E-state index is 12.6. The van der Waals surface area contributed by atoms with Crippen molar-refractivity contribution in [2.45, 2.75) is 33.4 Å². The van der Waals surface area contributed by atoms with Gasteiger partial charge in [0.05, 0.1) is 29.8 Å². The molecule has 0 aliphatic carbocycles. The molecular formula is C15H17N5O. The molecule has 1 aromatic carbocycles. The number of fused-ring (bicyclic) bond motifs is 1. The topological polar surface area (TPSA) is 65.6 Å². The number of nitrogens with zero attached hydrogens (tertiary/aromatic N) is 5. The lowest BCUT2D eigenvalue weighted by Crippen LogP contribution is -2.26. The van der Waals surface area contributed by atoms with Gasteiger partial charge in [0.2, 0.25) is 0 Å². The molecule has 2 aromatic heterocycles. The monoisotopic (exact) mass is 283 g/mol. The van der Waals surface area contributed by atoms with Gasteiger partial charge in [-0.05, 0) is 38.0 Å². The molecule has 21 heavy (non-hydrogen) atoms. The third-order valence-electron chi connectivity index (χ3n) is 3.87. The van der Waals surface area contributed by atoms with Crippen LogP contribution in [-0.4, -0.2) is 24.3 Å². The maximum Gasteiger partial charge on any atom is 0.261 e. The fourth-order valence-corrected chi connectivity index (χ4v) is 2.45. The highest BCUT2D eigenvalue weighted by Crippen LogP contribution is 2.17. The molecule has 108 valence electrons. The largest absolute Gasteiger partial charge is 0.294 e. The Bertz CT molecular complexity index is 835. The third-order valence-corrected chi connectivity index (χ3v) is 3.87. The fourth-order valence-electron chi connectivity index (χ4n) is 2.45. The summed E-state index contributed by atoms with van der Waals surface area (Å²) in [6, 6.07) is 3.77. The Labute approximate surface area is 122 Å². The Hall–Kier alpha value is -2.50. The van der Waals surface area contributed by atoms with E-state index in [-0.39, 0.29) is 11.6 Å². The van der Waals surface area contributed by atoms with E-state index < -0.39 is 0 Å². The average molecular weight is 283 g/mol. The average Bonchev–Trinajstić information content (AvgIpc) is 2.96. The van der Waals surface area contributed by atoms with E-state index in [2.05, 4.69) is 15.1 Å². The molecule has 3 rings (SSSR count). The second-order valence-corrected chi connectivity index (χ2v) is 5.33. The molecule has 0 radical (unpaired) electrons. The molecule has 0 fully saturated rings. The van der Waals surface area contributed by atoms with Crippen LogP contribution in [-0.2, 0) is 6.54 Å². The van der Waals surface area contributed by atoms with Crippen LogP contribution in [0.25, 0.3) is 10.9 Å². The van der Waals surface area contributed by atoms with Gasteiger partial charge in [-0.1, -0.05) is 6.07 Å². The van der Waals surface area contributed by atoms with Gasteiger partial charge < -0.3 is 0 Å². The molecule has 0 bridgehead atoms. The Morgan fingerprint density at radius 3 is 2.76 bits per heavy atom. The van der Waals surface area contributed by atoms with Crippen molar-refractivity contribution in [3.05, 3.63) is 52.6 Å². The lowest BCUT2D eigenvalue weighted by atomic mass is 10.1. The van der Waals surface area contributed by atoms with Gasteiger partial charge in [-0.15, -0.1) is 0 Å². The van der Waals surface area contributed by atoms with Gasteiger partial charge >= 0.3 is 0 Å². The number of aryl methyl sites for hydroxylation is 2. The summed E-state index contributed by atoms with van der Waals surface area (Å²) in [5.41, 5.74) is 2.96. The molecule has 6 heteroatoms. The minimum absolute atomic E-state index is 0.0179. The molecule has 0 aliphatic heterocycles. The van der Waals surface area contributed by atoms with Crippen molar-refractivity contribution in [1.29, 1.82) is 0 Å². The van der Waals surface area contributed by atoms with Crippen molar-refractivity contribution in [3.63, 3.8) is 0 Å². The third kappa shape index (κ3) is 2.33. The SMILES string of the molecule is Cc1ccc2c(=O)n([C@H](C)Cn3cncn3)cnc2c1C. The predicted octanol–water partition coefficient (Wildman–Crippen LogP) is 1.87. The summed E-state index contributed by atoms with van der Waals surface area (Å²) in [7, 11) is 0. The lowest BCUT2D eigenvalue weighted by Gasteiger charge is -2.15. The standard InChI is InChI=1S/C15H17N5O/c1-10-4-5-13-14(12(10)3)17-9-20(15(13)21)11(2)6-19-8-16-7-18-19/h4-5,7-9,11H,6H2,1-3H3/t11-/m1/s1. The smallest absolute Gasteiger partial charge is 0.261 e. The molecule has 0 N–H and O–H groups in total. The summed E-state index contributed by atoms with van der Waals surface area (Å²) in [5, 5.41) is 4.73. The maximum atomic E-state index is 12.6. The summed E-state index contributed by atoms with van der Waals surface area (Å²) in [6.07, 6.45) is 4.75. The molecule has 0 spiro atoms. The molecule has 2 heterocycles. The second kappa shape index (κ2) is 5.12. The molecule has 3 aromatic rings. The summed E-state index contributed by atoms with van der Waals surface area (Å²) in [5.74, 6) is 0. The fraction of sp³-hybridized carbons (Fsp3) is 0.333. The first kappa shape index (κ1) is 13.5. The van der Waals surface area contributed by atoms with Crippen LogP contribution in [0.2, 0.25) is 0 Å². The van der Waals surface area contributed by atoms with Crippen LogP contribution in [0.4, 0.5) is 0 Å². The lowest BCUT2D eigenvalue weighted by molar-refractivity contribution is 0.425. The van der Waals surface area contributed by atoms with E-state index in [9.17, 15) is 4.79 Å². The Morgan fingerprint density at radius 1 is 1.24 bits per heavy atom. The highest BCUT2D eigenvalue weighted by Gasteiger charge is 2.12. The van der Waals surface area contributed by atoms with Gasteiger partial charge in [0.15, 0.2) is 0 Å². The first-order valence-electron chi connectivity index (χ1n) is 6.87. The van der Waals surface area contributed by atoms with E-state index >= 15 is 0 Å². The zero-order chi connectivity index (χ0) is 15.0. The van der Waals surface area contributed by atoms with E-state index in [1.807, 2.05) is 32.9 Å². The quantitative estimate of drug-likeness (QED) is 0.736. The number of aromatic nitrogens is 5. The van der Waals surface area contributed by atoms with Crippen molar-refractivity contribution in [2.24, 2.45) is 0 Å². The molecule has 0 saturated carbocycles. The van der Waals surface area contributed by atoms with Crippen LogP contribution in [0, 0.1) is 13.8 Å². The Kier molecular flexibility index (Phi) is 3.29. The van der Waals surface area contributed by atoms with E-state index in [4.69, 9.17) is 0 Å². The molecule has 0 amide bonds. The van der Waals surface area contributed by atoms with Crippen molar-refractivity contribution in [2.75, 3.05) is 0 Å². The zero-order valence-corrected chi connectivity index (χ0v) is 12.3. The number of rotatable bonds is 3. The Balaban J connectivity index is 2.06. The minimum Gasteiger partial charge on any atom is -0.294 e. The van der Waals surface area contributed by atoms with Crippen LogP contribution in [0.1, 0.15) is 24.1 Å². The number of hydrogen-bond acceptors (Lipinski definition) is 4. The molecule has 0 unspecified atom stereocenters. The van der Waals surface area contributed by atoms with Crippen molar-refractivity contribution in [3.8, 4) is 0 Å². The molecule has 6 nitrogen and oxygen atoms in total. The molecule has 0 aliphatic rings. The summed E-state index contributed by atoms with van der Waals surface area (Å²) >= 11 is 0. The highest BCUT2D eigenvalue weighted by molar-refractivity contribution is 5.81. The van der Waals surface area contributed by atoms with Gasteiger partial charge in [-0.3, -0.25) is 14.0 Å². The van der Waals surface area contributed by atoms with Gasteiger partial charge in [-0.2, -0.15) is 5.10 Å². The molecule has 1 atom stereocenters. The first-order valence-corrected chi connectivity index (χ1v) is 6.87. The summed E-state index contributed by atoms with van der Waals surface area (Å²) < 4.78 is 3.36. The molecule has 0 saturated heterocycles. The van der Waals surface area contributed by atoms with Gasteiger partial charge in [0.25, 0.3) is 5.56 Å².